The number of anilines is 2. The minimum absolute atomic E-state index is 0.0809. The number of thioether (sulfide) groups is 1. The highest BCUT2D eigenvalue weighted by Crippen LogP contribution is 2.37. The van der Waals surface area contributed by atoms with E-state index >= 15 is 0 Å². The van der Waals surface area contributed by atoms with Gasteiger partial charge in [-0.3, -0.25) is 0 Å². The van der Waals surface area contributed by atoms with E-state index in [0.717, 1.165) is 22.6 Å². The van der Waals surface area contributed by atoms with Gasteiger partial charge in [-0.15, -0.1) is 11.3 Å². The smallest absolute Gasteiger partial charge is 0.339 e. The molecular formula is C23H29N3O2S2. The second-order valence-electron chi connectivity index (χ2n) is 9.03. The molecule has 1 aliphatic heterocycles. The molecule has 0 saturated carbocycles. The number of hydrogen-bond donors (Lipinski definition) is 2. The first-order valence-electron chi connectivity index (χ1n) is 10.1. The molecule has 0 fully saturated rings. The van der Waals surface area contributed by atoms with Crippen LogP contribution in [-0.2, 0) is 11.8 Å². The van der Waals surface area contributed by atoms with Crippen LogP contribution in [0.15, 0.2) is 29.8 Å². The Balaban J connectivity index is 1.95. The third-order valence-electron chi connectivity index (χ3n) is 4.62. The van der Waals surface area contributed by atoms with E-state index < -0.39 is 5.97 Å². The van der Waals surface area contributed by atoms with Crippen molar-refractivity contribution >= 4 is 44.9 Å². The quantitative estimate of drug-likeness (QED) is 0.516. The summed E-state index contributed by atoms with van der Waals surface area (Å²) in [6, 6.07) is 1.69. The summed E-state index contributed by atoms with van der Waals surface area (Å²) in [5.74, 6) is 0.148. The standard InChI is InChI=1S/C23H29N3O2S2/c1-13(2)9-18-19(23(4,5)6)25-22(30-18)26-20-16(21(27)28)11-15(12-24-20)17-10-14(3)7-8-29-17/h7-8,10-14H,9H2,1-6H3,(H,27,28)(H,24,25,26). The highest BCUT2D eigenvalue weighted by Gasteiger charge is 2.25. The maximum atomic E-state index is 12.0. The average molecular weight is 444 g/mol. The number of nitrogens with zero attached hydrogens (tertiary/aromatic N) is 2. The van der Waals surface area contributed by atoms with Gasteiger partial charge in [-0.2, -0.15) is 0 Å². The first kappa shape index (κ1) is 22.6. The number of carboxylic acid groups (broad SMARTS) is 1. The van der Waals surface area contributed by atoms with Gasteiger partial charge in [0.05, 0.1) is 5.69 Å². The molecule has 0 amide bonds. The van der Waals surface area contributed by atoms with E-state index in [9.17, 15) is 9.90 Å². The van der Waals surface area contributed by atoms with Crippen LogP contribution in [0.1, 0.15) is 68.0 Å². The summed E-state index contributed by atoms with van der Waals surface area (Å²) in [4.78, 5) is 23.5. The SMILES string of the molecule is CC1C=CSC(c2cnc(Nc3nc(C(C)(C)C)c(CC(C)C)s3)c(C(=O)O)c2)=C1. The van der Waals surface area contributed by atoms with E-state index in [4.69, 9.17) is 4.98 Å². The largest absolute Gasteiger partial charge is 0.478 e. The van der Waals surface area contributed by atoms with Gasteiger partial charge in [-0.05, 0) is 29.7 Å². The van der Waals surface area contributed by atoms with Crippen LogP contribution in [0, 0.1) is 11.8 Å². The fourth-order valence-electron chi connectivity index (χ4n) is 3.20. The number of aromatic carboxylic acids is 1. The number of carbonyl (C=O) groups is 1. The summed E-state index contributed by atoms with van der Waals surface area (Å²) in [6.07, 6.45) is 6.91. The second-order valence-corrected chi connectivity index (χ2v) is 11.1. The van der Waals surface area contributed by atoms with E-state index in [2.05, 4.69) is 64.0 Å². The predicted molar refractivity (Wildman–Crippen MR) is 128 cm³/mol. The molecule has 7 heteroatoms. The van der Waals surface area contributed by atoms with Gasteiger partial charge in [-0.25, -0.2) is 14.8 Å². The third-order valence-corrected chi connectivity index (χ3v) is 6.53. The normalized spacial score (nSPS) is 16.6. The van der Waals surface area contributed by atoms with E-state index in [1.165, 1.54) is 4.88 Å². The molecule has 0 radical (unpaired) electrons. The molecule has 5 nitrogen and oxygen atoms in total. The van der Waals surface area contributed by atoms with E-state index in [1.54, 1.807) is 35.4 Å². The lowest BCUT2D eigenvalue weighted by atomic mass is 9.90. The molecule has 0 aliphatic carbocycles. The summed E-state index contributed by atoms with van der Waals surface area (Å²) < 4.78 is 0. The Morgan fingerprint density at radius 2 is 2.07 bits per heavy atom. The Kier molecular flexibility index (Phi) is 6.72. The van der Waals surface area contributed by atoms with Gasteiger partial charge in [0.15, 0.2) is 5.13 Å². The summed E-state index contributed by atoms with van der Waals surface area (Å²) >= 11 is 3.16. The van der Waals surface area contributed by atoms with Crippen molar-refractivity contribution in [1.82, 2.24) is 9.97 Å². The molecule has 0 aromatic carbocycles. The first-order chi connectivity index (χ1) is 14.0. The highest BCUT2D eigenvalue weighted by molar-refractivity contribution is 8.11. The Labute approximate surface area is 186 Å². The van der Waals surface area contributed by atoms with Crippen molar-refractivity contribution in [3.63, 3.8) is 0 Å². The zero-order valence-electron chi connectivity index (χ0n) is 18.3. The lowest BCUT2D eigenvalue weighted by molar-refractivity contribution is 0.0697. The number of rotatable bonds is 6. The van der Waals surface area contributed by atoms with Crippen molar-refractivity contribution in [2.75, 3.05) is 5.32 Å². The Morgan fingerprint density at radius 3 is 2.67 bits per heavy atom. The van der Waals surface area contributed by atoms with Crippen molar-refractivity contribution in [2.24, 2.45) is 11.8 Å². The van der Waals surface area contributed by atoms with Crippen molar-refractivity contribution < 1.29 is 9.90 Å². The van der Waals surface area contributed by atoms with E-state index in [1.807, 2.05) is 5.41 Å². The molecule has 1 atom stereocenters. The average Bonchev–Trinajstić information content (AvgIpc) is 3.03. The number of pyridine rings is 1. The van der Waals surface area contributed by atoms with Crippen LogP contribution in [0.4, 0.5) is 10.9 Å². The molecule has 1 aliphatic rings. The van der Waals surface area contributed by atoms with Crippen LogP contribution in [-0.4, -0.2) is 21.0 Å². The fourth-order valence-corrected chi connectivity index (χ4v) is 5.60. The van der Waals surface area contributed by atoms with Gasteiger partial charge in [0.2, 0.25) is 0 Å². The summed E-state index contributed by atoms with van der Waals surface area (Å²) in [5, 5.41) is 15.7. The Hall–Kier alpha value is -2.12. The Bertz CT molecular complexity index is 1000. The first-order valence-corrected chi connectivity index (χ1v) is 11.8. The van der Waals surface area contributed by atoms with E-state index in [0.29, 0.717) is 22.8 Å². The van der Waals surface area contributed by atoms with Gasteiger partial charge < -0.3 is 10.4 Å². The molecule has 30 heavy (non-hydrogen) atoms. The maximum Gasteiger partial charge on any atom is 0.339 e. The topological polar surface area (TPSA) is 75.1 Å². The fraction of sp³-hybridized carbons (Fsp3) is 0.435. The van der Waals surface area contributed by atoms with Crippen LogP contribution in [0.3, 0.4) is 0 Å². The molecule has 1 unspecified atom stereocenters. The van der Waals surface area contributed by atoms with Gasteiger partial charge in [-0.1, -0.05) is 65.5 Å². The summed E-state index contributed by atoms with van der Waals surface area (Å²) in [6.45, 7) is 12.9. The zero-order chi connectivity index (χ0) is 22.1. The van der Waals surface area contributed by atoms with Gasteiger partial charge in [0.1, 0.15) is 11.4 Å². The van der Waals surface area contributed by atoms with Crippen molar-refractivity contribution in [2.45, 2.75) is 53.4 Å². The summed E-state index contributed by atoms with van der Waals surface area (Å²) in [5.41, 5.74) is 1.94. The molecular weight excluding hydrogens is 414 g/mol. The maximum absolute atomic E-state index is 12.0. The number of hydrogen-bond acceptors (Lipinski definition) is 6. The summed E-state index contributed by atoms with van der Waals surface area (Å²) in [7, 11) is 0. The zero-order valence-corrected chi connectivity index (χ0v) is 19.9. The molecule has 0 spiro atoms. The highest BCUT2D eigenvalue weighted by atomic mass is 32.2. The lowest BCUT2D eigenvalue weighted by Gasteiger charge is -2.18. The monoisotopic (exact) mass is 443 g/mol. The van der Waals surface area contributed by atoms with Gasteiger partial charge in [0.25, 0.3) is 0 Å². The minimum Gasteiger partial charge on any atom is -0.478 e. The van der Waals surface area contributed by atoms with Crippen molar-refractivity contribution in [3.05, 3.63) is 51.5 Å². The van der Waals surface area contributed by atoms with Crippen LogP contribution >= 0.6 is 23.1 Å². The molecule has 0 saturated heterocycles. The van der Waals surface area contributed by atoms with Gasteiger partial charge in [0, 0.05) is 27.0 Å². The molecule has 3 rings (SSSR count). The molecule has 2 aromatic rings. The molecule has 2 aromatic heterocycles. The molecule has 2 N–H and O–H groups in total. The van der Waals surface area contributed by atoms with Crippen LogP contribution in [0.25, 0.3) is 4.91 Å². The van der Waals surface area contributed by atoms with Crippen LogP contribution < -0.4 is 5.32 Å². The van der Waals surface area contributed by atoms with Crippen molar-refractivity contribution in [3.8, 4) is 0 Å². The second kappa shape index (κ2) is 8.94. The molecule has 160 valence electrons. The van der Waals surface area contributed by atoms with E-state index in [-0.39, 0.29) is 11.0 Å². The predicted octanol–water partition coefficient (Wildman–Crippen LogP) is 6.71. The minimum atomic E-state index is -1.01. The third kappa shape index (κ3) is 5.32. The number of carboxylic acids is 1. The molecule has 3 heterocycles. The molecule has 0 bridgehead atoms. The van der Waals surface area contributed by atoms with Crippen LogP contribution in [0.2, 0.25) is 0 Å². The number of thiazole rings is 1. The number of aromatic nitrogens is 2. The Morgan fingerprint density at radius 1 is 1.33 bits per heavy atom. The van der Waals surface area contributed by atoms with Crippen LogP contribution in [0.5, 0.6) is 0 Å². The van der Waals surface area contributed by atoms with Gasteiger partial charge >= 0.3 is 5.97 Å². The lowest BCUT2D eigenvalue weighted by Crippen LogP contribution is -2.15. The number of nitrogens with one attached hydrogen (secondary N) is 1. The number of allylic oxidation sites excluding steroid dienone is 2. The van der Waals surface area contributed by atoms with Crippen molar-refractivity contribution in [1.29, 1.82) is 0 Å².